The van der Waals surface area contributed by atoms with Gasteiger partial charge in [0, 0.05) is 5.41 Å². The monoisotopic (exact) mass is 240 g/mol. The van der Waals surface area contributed by atoms with Crippen LogP contribution in [-0.4, -0.2) is 0 Å². The molecule has 3 aliphatic rings. The summed E-state index contributed by atoms with van der Waals surface area (Å²) in [5.41, 5.74) is 3.37. The average Bonchev–Trinajstić information content (AvgIpc) is 2.69. The Kier molecular flexibility index (Phi) is 1.86. The fourth-order valence-electron chi connectivity index (χ4n) is 6.65. The molecular weight excluding hydrogens is 216 g/mol. The van der Waals surface area contributed by atoms with Crippen molar-refractivity contribution in [3.8, 4) is 0 Å². The van der Waals surface area contributed by atoms with Crippen LogP contribution >= 0.6 is 0 Å². The lowest BCUT2D eigenvalue weighted by Gasteiger charge is -2.58. The highest BCUT2D eigenvalue weighted by molar-refractivity contribution is 5.55. The van der Waals surface area contributed by atoms with Crippen molar-refractivity contribution in [2.45, 2.75) is 51.9 Å². The van der Waals surface area contributed by atoms with Crippen molar-refractivity contribution in [3.05, 3.63) is 35.9 Å². The maximum absolute atomic E-state index is 2.59. The first kappa shape index (κ1) is 11.1. The molecule has 0 radical (unpaired) electrons. The Labute approximate surface area is 111 Å². The van der Waals surface area contributed by atoms with Crippen molar-refractivity contribution in [1.29, 1.82) is 0 Å². The number of hydrogen-bond acceptors (Lipinski definition) is 0. The second kappa shape index (κ2) is 3.03. The summed E-state index contributed by atoms with van der Waals surface area (Å²) in [5, 5.41) is 0. The summed E-state index contributed by atoms with van der Waals surface area (Å²) in [6.07, 6.45) is 5.72. The highest BCUT2D eigenvalue weighted by atomic mass is 15.0. The Balaban J connectivity index is 1.84. The predicted octanol–water partition coefficient (Wildman–Crippen LogP) is 4.79. The predicted molar refractivity (Wildman–Crippen MR) is 75.5 cm³/mol. The molecule has 18 heavy (non-hydrogen) atoms. The Bertz CT molecular complexity index is 490. The normalized spacial score (nSPS) is 51.7. The molecule has 0 spiro atoms. The van der Waals surface area contributed by atoms with E-state index in [2.05, 4.69) is 51.1 Å². The first-order valence-electron chi connectivity index (χ1n) is 7.70. The number of rotatable bonds is 3. The first-order chi connectivity index (χ1) is 8.64. The number of benzene rings is 1. The summed E-state index contributed by atoms with van der Waals surface area (Å²) >= 11 is 0. The van der Waals surface area contributed by atoms with Crippen LogP contribution in [0, 0.1) is 22.7 Å². The van der Waals surface area contributed by atoms with E-state index in [4.69, 9.17) is 0 Å². The maximum Gasteiger partial charge on any atom is 0.0105 e. The molecule has 0 unspecified atom stereocenters. The minimum Gasteiger partial charge on any atom is -0.0654 e. The lowest BCUT2D eigenvalue weighted by molar-refractivity contribution is -0.0483. The molecule has 0 saturated heterocycles. The lowest BCUT2D eigenvalue weighted by Crippen LogP contribution is -2.54. The molecule has 3 fully saturated rings. The third-order valence-corrected chi connectivity index (χ3v) is 7.32. The summed E-state index contributed by atoms with van der Waals surface area (Å²) in [7, 11) is 0. The Morgan fingerprint density at radius 2 is 1.72 bits per heavy atom. The summed E-state index contributed by atoms with van der Waals surface area (Å²) in [5.74, 6) is 2.04. The van der Waals surface area contributed by atoms with Crippen LogP contribution in [0.1, 0.15) is 52.0 Å². The van der Waals surface area contributed by atoms with Gasteiger partial charge in [-0.05, 0) is 47.5 Å². The van der Waals surface area contributed by atoms with Gasteiger partial charge in [-0.1, -0.05) is 57.5 Å². The lowest BCUT2D eigenvalue weighted by atomic mass is 9.46. The van der Waals surface area contributed by atoms with Crippen LogP contribution in [0.4, 0.5) is 0 Å². The van der Waals surface area contributed by atoms with E-state index >= 15 is 0 Å². The van der Waals surface area contributed by atoms with Crippen LogP contribution in [0.5, 0.6) is 0 Å². The fourth-order valence-corrected chi connectivity index (χ4v) is 6.65. The van der Waals surface area contributed by atoms with Crippen molar-refractivity contribution < 1.29 is 0 Å². The standard InChI is InChI=1S/C18H24/c1-4-12-16(2)17(3)14-10-11-15(14)18(16,17)13-8-6-5-7-9-13/h5-9,14-15H,4,10-12H2,1-3H3/t14-,15-,16-,17+,18+/m0/s1. The van der Waals surface area contributed by atoms with E-state index in [9.17, 15) is 0 Å². The molecule has 0 N–H and O–H groups in total. The molecular formula is C18H24. The van der Waals surface area contributed by atoms with Crippen molar-refractivity contribution in [3.63, 3.8) is 0 Å². The van der Waals surface area contributed by atoms with Crippen molar-refractivity contribution in [1.82, 2.24) is 0 Å². The molecule has 0 aromatic heterocycles. The summed E-state index contributed by atoms with van der Waals surface area (Å²) in [6.45, 7) is 7.53. The minimum absolute atomic E-state index is 0.542. The second-order valence-corrected chi connectivity index (χ2v) is 7.25. The number of hydrogen-bond donors (Lipinski definition) is 0. The highest BCUT2D eigenvalue weighted by Gasteiger charge is 2.95. The van der Waals surface area contributed by atoms with Gasteiger partial charge in [-0.25, -0.2) is 0 Å². The summed E-state index contributed by atoms with van der Waals surface area (Å²) in [4.78, 5) is 0. The molecule has 3 saturated carbocycles. The SMILES string of the molecule is CCC[C@@]1(C)[C@@]2(C)[C@H]3CC[C@@H]3[C@]12c1ccccc1. The zero-order chi connectivity index (χ0) is 12.6. The van der Waals surface area contributed by atoms with E-state index < -0.39 is 0 Å². The van der Waals surface area contributed by atoms with Crippen LogP contribution in [0.3, 0.4) is 0 Å². The van der Waals surface area contributed by atoms with E-state index in [-0.39, 0.29) is 0 Å². The average molecular weight is 240 g/mol. The van der Waals surface area contributed by atoms with E-state index in [1.54, 1.807) is 5.56 Å². The molecule has 1 aromatic carbocycles. The third kappa shape index (κ3) is 0.770. The van der Waals surface area contributed by atoms with Crippen LogP contribution in [0.2, 0.25) is 0 Å². The highest BCUT2D eigenvalue weighted by Crippen LogP contribution is 2.97. The Morgan fingerprint density at radius 3 is 2.28 bits per heavy atom. The van der Waals surface area contributed by atoms with Crippen molar-refractivity contribution in [2.75, 3.05) is 0 Å². The van der Waals surface area contributed by atoms with Crippen LogP contribution in [-0.2, 0) is 5.41 Å². The molecule has 1 aromatic rings. The number of fused-ring (bicyclic) bond motifs is 4. The maximum atomic E-state index is 2.59. The quantitative estimate of drug-likeness (QED) is 0.712. The molecule has 96 valence electrons. The van der Waals surface area contributed by atoms with Crippen LogP contribution < -0.4 is 0 Å². The van der Waals surface area contributed by atoms with Gasteiger partial charge < -0.3 is 0 Å². The first-order valence-corrected chi connectivity index (χ1v) is 7.70. The van der Waals surface area contributed by atoms with Gasteiger partial charge in [0.2, 0.25) is 0 Å². The zero-order valence-corrected chi connectivity index (χ0v) is 11.9. The third-order valence-electron chi connectivity index (χ3n) is 7.32. The Morgan fingerprint density at radius 1 is 1.06 bits per heavy atom. The van der Waals surface area contributed by atoms with Gasteiger partial charge in [-0.3, -0.25) is 0 Å². The zero-order valence-electron chi connectivity index (χ0n) is 11.9. The van der Waals surface area contributed by atoms with Gasteiger partial charge in [-0.15, -0.1) is 0 Å². The smallest absolute Gasteiger partial charge is 0.0105 e. The van der Waals surface area contributed by atoms with E-state index in [0.717, 1.165) is 11.8 Å². The molecule has 0 heterocycles. The van der Waals surface area contributed by atoms with Crippen molar-refractivity contribution in [2.24, 2.45) is 22.7 Å². The van der Waals surface area contributed by atoms with E-state index in [1.165, 1.54) is 25.7 Å². The molecule has 0 amide bonds. The van der Waals surface area contributed by atoms with Gasteiger partial charge in [0.15, 0.2) is 0 Å². The van der Waals surface area contributed by atoms with Crippen molar-refractivity contribution >= 4 is 0 Å². The molecule has 0 nitrogen and oxygen atoms in total. The largest absolute Gasteiger partial charge is 0.0654 e. The summed E-state index contributed by atoms with van der Waals surface area (Å²) < 4.78 is 0. The van der Waals surface area contributed by atoms with E-state index in [0.29, 0.717) is 16.2 Å². The second-order valence-electron chi connectivity index (χ2n) is 7.25. The van der Waals surface area contributed by atoms with Gasteiger partial charge in [0.25, 0.3) is 0 Å². The van der Waals surface area contributed by atoms with E-state index in [1.807, 2.05) is 0 Å². The minimum atomic E-state index is 0.542. The van der Waals surface area contributed by atoms with Crippen LogP contribution in [0.25, 0.3) is 0 Å². The molecule has 0 bridgehead atoms. The molecule has 0 aliphatic heterocycles. The molecule has 5 atom stereocenters. The molecule has 0 heteroatoms. The van der Waals surface area contributed by atoms with Gasteiger partial charge >= 0.3 is 0 Å². The van der Waals surface area contributed by atoms with Gasteiger partial charge in [-0.2, -0.15) is 0 Å². The molecule has 4 rings (SSSR count). The van der Waals surface area contributed by atoms with Gasteiger partial charge in [0.05, 0.1) is 0 Å². The summed E-state index contributed by atoms with van der Waals surface area (Å²) in [6, 6.07) is 11.4. The fraction of sp³-hybridized carbons (Fsp3) is 0.667. The Hall–Kier alpha value is -0.780. The molecule has 3 aliphatic carbocycles. The van der Waals surface area contributed by atoms with Gasteiger partial charge in [0.1, 0.15) is 0 Å². The van der Waals surface area contributed by atoms with Crippen LogP contribution in [0.15, 0.2) is 30.3 Å². The topological polar surface area (TPSA) is 0 Å².